The predicted octanol–water partition coefficient (Wildman–Crippen LogP) is 4.87. The summed E-state index contributed by atoms with van der Waals surface area (Å²) in [5.41, 5.74) is 1.95. The van der Waals surface area contributed by atoms with Gasteiger partial charge in [-0.1, -0.05) is 62.6 Å². The summed E-state index contributed by atoms with van der Waals surface area (Å²) in [6.45, 7) is 3.82. The number of allylic oxidation sites excluding steroid dienone is 1. The van der Waals surface area contributed by atoms with Gasteiger partial charge in [0, 0.05) is 5.56 Å². The number of carbonyl (C=O) groups excluding carboxylic acids is 1. The van der Waals surface area contributed by atoms with Crippen LogP contribution in [-0.2, 0) is 0 Å². The van der Waals surface area contributed by atoms with Crippen LogP contribution in [-0.4, -0.2) is 5.78 Å². The van der Waals surface area contributed by atoms with Gasteiger partial charge in [-0.25, -0.2) is 0 Å². The summed E-state index contributed by atoms with van der Waals surface area (Å²) in [6.07, 6.45) is 10.7. The maximum Gasteiger partial charge on any atom is 0.159 e. The maximum absolute atomic E-state index is 11.1. The van der Waals surface area contributed by atoms with Crippen LogP contribution in [0.25, 0.3) is 6.08 Å². The van der Waals surface area contributed by atoms with E-state index in [-0.39, 0.29) is 5.78 Å². The second-order valence-corrected chi connectivity index (χ2v) is 4.43. The van der Waals surface area contributed by atoms with Crippen LogP contribution < -0.4 is 0 Å². The van der Waals surface area contributed by atoms with Gasteiger partial charge < -0.3 is 0 Å². The molecular weight excluding hydrogens is 208 g/mol. The molecule has 0 fully saturated rings. The van der Waals surface area contributed by atoms with Crippen LogP contribution in [0.2, 0.25) is 0 Å². The molecule has 0 N–H and O–H groups in total. The minimum absolute atomic E-state index is 0.125. The monoisotopic (exact) mass is 230 g/mol. The molecule has 1 heteroatoms. The predicted molar refractivity (Wildman–Crippen MR) is 74.2 cm³/mol. The minimum atomic E-state index is 0.125. The van der Waals surface area contributed by atoms with E-state index in [2.05, 4.69) is 19.1 Å². The van der Waals surface area contributed by atoms with Crippen molar-refractivity contribution in [2.45, 2.75) is 46.0 Å². The Balaban J connectivity index is 2.36. The molecule has 0 amide bonds. The maximum atomic E-state index is 11.1. The lowest BCUT2D eigenvalue weighted by atomic mass is 10.1. The van der Waals surface area contributed by atoms with Gasteiger partial charge in [-0.3, -0.25) is 4.79 Å². The standard InChI is InChI=1S/C16H22O/c1-3-4-5-6-7-8-9-15-10-12-16(13-11-15)14(2)17/h8-13H,3-7H2,1-2H3. The molecule has 0 saturated heterocycles. The molecule has 0 aromatic heterocycles. The van der Waals surface area contributed by atoms with E-state index < -0.39 is 0 Å². The zero-order chi connectivity index (χ0) is 12.5. The van der Waals surface area contributed by atoms with E-state index in [4.69, 9.17) is 0 Å². The molecule has 92 valence electrons. The number of hydrogen-bond acceptors (Lipinski definition) is 1. The van der Waals surface area contributed by atoms with E-state index in [9.17, 15) is 4.79 Å². The molecule has 0 aliphatic carbocycles. The summed E-state index contributed by atoms with van der Waals surface area (Å²) >= 11 is 0. The van der Waals surface area contributed by atoms with Crippen molar-refractivity contribution in [2.24, 2.45) is 0 Å². The van der Waals surface area contributed by atoms with Crippen LogP contribution in [0.3, 0.4) is 0 Å². The van der Waals surface area contributed by atoms with Crippen molar-refractivity contribution in [3.63, 3.8) is 0 Å². The molecule has 0 aliphatic rings. The topological polar surface area (TPSA) is 17.1 Å². The van der Waals surface area contributed by atoms with Crippen LogP contribution in [0.5, 0.6) is 0 Å². The lowest BCUT2D eigenvalue weighted by Gasteiger charge is -1.97. The summed E-state index contributed by atoms with van der Waals surface area (Å²) in [5.74, 6) is 0.125. The first-order chi connectivity index (χ1) is 8.24. The fraction of sp³-hybridized carbons (Fsp3) is 0.438. The number of carbonyl (C=O) groups is 1. The zero-order valence-electron chi connectivity index (χ0n) is 10.9. The Morgan fingerprint density at radius 2 is 1.82 bits per heavy atom. The average Bonchev–Trinajstić information content (AvgIpc) is 2.34. The van der Waals surface area contributed by atoms with Crippen molar-refractivity contribution in [2.75, 3.05) is 0 Å². The number of hydrogen-bond donors (Lipinski definition) is 0. The third kappa shape index (κ3) is 5.48. The zero-order valence-corrected chi connectivity index (χ0v) is 10.9. The van der Waals surface area contributed by atoms with Crippen LogP contribution >= 0.6 is 0 Å². The van der Waals surface area contributed by atoms with Gasteiger partial charge in [0.25, 0.3) is 0 Å². The first-order valence-electron chi connectivity index (χ1n) is 6.51. The minimum Gasteiger partial charge on any atom is -0.295 e. The third-order valence-electron chi connectivity index (χ3n) is 2.85. The second kappa shape index (κ2) is 7.83. The van der Waals surface area contributed by atoms with Crippen molar-refractivity contribution in [1.29, 1.82) is 0 Å². The fourth-order valence-electron chi connectivity index (χ4n) is 1.74. The van der Waals surface area contributed by atoms with E-state index in [0.29, 0.717) is 0 Å². The van der Waals surface area contributed by atoms with E-state index in [1.807, 2.05) is 24.3 Å². The number of unbranched alkanes of at least 4 members (excludes halogenated alkanes) is 4. The summed E-state index contributed by atoms with van der Waals surface area (Å²) in [5, 5.41) is 0. The van der Waals surface area contributed by atoms with Gasteiger partial charge in [-0.2, -0.15) is 0 Å². The molecule has 0 atom stereocenters. The summed E-state index contributed by atoms with van der Waals surface area (Å²) in [7, 11) is 0. The van der Waals surface area contributed by atoms with E-state index >= 15 is 0 Å². The molecule has 0 saturated carbocycles. The Morgan fingerprint density at radius 3 is 2.41 bits per heavy atom. The molecular formula is C16H22O. The Hall–Kier alpha value is -1.37. The van der Waals surface area contributed by atoms with Crippen LogP contribution in [0.15, 0.2) is 30.3 Å². The van der Waals surface area contributed by atoms with Crippen LogP contribution in [0, 0.1) is 0 Å². The Bertz CT molecular complexity index is 360. The van der Waals surface area contributed by atoms with Gasteiger partial charge in [-0.15, -0.1) is 0 Å². The number of benzene rings is 1. The molecule has 1 rings (SSSR count). The Kier molecular flexibility index (Phi) is 6.31. The van der Waals surface area contributed by atoms with Gasteiger partial charge in [0.1, 0.15) is 0 Å². The highest BCUT2D eigenvalue weighted by molar-refractivity contribution is 5.94. The highest BCUT2D eigenvalue weighted by atomic mass is 16.1. The third-order valence-corrected chi connectivity index (χ3v) is 2.85. The molecule has 0 spiro atoms. The molecule has 0 heterocycles. The SMILES string of the molecule is CCCCCCC=Cc1ccc(C(C)=O)cc1. The molecule has 1 aromatic rings. The number of rotatable bonds is 7. The van der Waals surface area contributed by atoms with Gasteiger partial charge >= 0.3 is 0 Å². The smallest absolute Gasteiger partial charge is 0.159 e. The highest BCUT2D eigenvalue weighted by Crippen LogP contribution is 2.09. The van der Waals surface area contributed by atoms with Crippen molar-refractivity contribution >= 4 is 11.9 Å². The normalized spacial score (nSPS) is 10.9. The quantitative estimate of drug-likeness (QED) is 0.482. The lowest BCUT2D eigenvalue weighted by molar-refractivity contribution is 0.101. The van der Waals surface area contributed by atoms with E-state index in [0.717, 1.165) is 12.0 Å². The Morgan fingerprint density at radius 1 is 1.12 bits per heavy atom. The summed E-state index contributed by atoms with van der Waals surface area (Å²) in [6, 6.07) is 7.77. The summed E-state index contributed by atoms with van der Waals surface area (Å²) < 4.78 is 0. The van der Waals surface area contributed by atoms with Gasteiger partial charge in [0.2, 0.25) is 0 Å². The van der Waals surface area contributed by atoms with Crippen molar-refractivity contribution in [3.8, 4) is 0 Å². The van der Waals surface area contributed by atoms with Crippen molar-refractivity contribution in [1.82, 2.24) is 0 Å². The van der Waals surface area contributed by atoms with E-state index in [1.165, 1.54) is 31.2 Å². The van der Waals surface area contributed by atoms with Gasteiger partial charge in [0.15, 0.2) is 5.78 Å². The molecule has 0 bridgehead atoms. The second-order valence-electron chi connectivity index (χ2n) is 4.43. The van der Waals surface area contributed by atoms with Crippen LogP contribution in [0.1, 0.15) is 61.9 Å². The van der Waals surface area contributed by atoms with Crippen molar-refractivity contribution < 1.29 is 4.79 Å². The Labute approximate surface area is 105 Å². The summed E-state index contributed by atoms with van der Waals surface area (Å²) in [4.78, 5) is 11.1. The first kappa shape index (κ1) is 13.7. The molecule has 17 heavy (non-hydrogen) atoms. The van der Waals surface area contributed by atoms with Crippen molar-refractivity contribution in [3.05, 3.63) is 41.5 Å². The number of ketones is 1. The molecule has 1 nitrogen and oxygen atoms in total. The average molecular weight is 230 g/mol. The number of Topliss-reactive ketones (excluding diaryl/α,β-unsaturated/α-hetero) is 1. The fourth-order valence-corrected chi connectivity index (χ4v) is 1.74. The highest BCUT2D eigenvalue weighted by Gasteiger charge is 1.96. The molecule has 0 unspecified atom stereocenters. The molecule has 0 aliphatic heterocycles. The largest absolute Gasteiger partial charge is 0.295 e. The van der Waals surface area contributed by atoms with E-state index in [1.54, 1.807) is 6.92 Å². The van der Waals surface area contributed by atoms with Gasteiger partial charge in [0.05, 0.1) is 0 Å². The van der Waals surface area contributed by atoms with Gasteiger partial charge in [-0.05, 0) is 25.3 Å². The van der Waals surface area contributed by atoms with Crippen LogP contribution in [0.4, 0.5) is 0 Å². The first-order valence-corrected chi connectivity index (χ1v) is 6.51. The molecule has 0 radical (unpaired) electrons. The molecule has 1 aromatic carbocycles. The lowest BCUT2D eigenvalue weighted by Crippen LogP contribution is -1.90.